The number of para-hydroxylation sites is 1. The van der Waals surface area contributed by atoms with Crippen molar-refractivity contribution in [3.63, 3.8) is 0 Å². The maximum absolute atomic E-state index is 13.4. The highest BCUT2D eigenvalue weighted by Gasteiger charge is 2.27. The monoisotopic (exact) mass is 487 g/mol. The Hall–Kier alpha value is -1.71. The number of piperidine rings is 1. The van der Waals surface area contributed by atoms with E-state index in [-0.39, 0.29) is 12.0 Å². The molecule has 3 aliphatic heterocycles. The first-order chi connectivity index (χ1) is 16.2. The zero-order valence-electron chi connectivity index (χ0n) is 19.3. The largest absolute Gasteiger partial charge is 0.376 e. The summed E-state index contributed by atoms with van der Waals surface area (Å²) in [5.41, 5.74) is 1.03. The fourth-order valence-electron chi connectivity index (χ4n) is 4.82. The number of carbonyl (C=O) groups is 1. The van der Waals surface area contributed by atoms with E-state index in [0.717, 1.165) is 68.8 Å². The van der Waals surface area contributed by atoms with E-state index in [0.29, 0.717) is 11.0 Å². The van der Waals surface area contributed by atoms with Crippen LogP contribution in [-0.2, 0) is 16.1 Å². The van der Waals surface area contributed by atoms with Crippen LogP contribution in [0.5, 0.6) is 0 Å². The van der Waals surface area contributed by atoms with Crippen molar-refractivity contribution in [3.05, 3.63) is 24.3 Å². The van der Waals surface area contributed by atoms with Gasteiger partial charge in [0.25, 0.3) is 0 Å². The third kappa shape index (κ3) is 5.35. The number of nitrogens with zero attached hydrogens (tertiary/aromatic N) is 5. The van der Waals surface area contributed by atoms with Crippen LogP contribution in [0.25, 0.3) is 0 Å². The summed E-state index contributed by atoms with van der Waals surface area (Å²) in [5, 5.41) is 10.4. The van der Waals surface area contributed by atoms with Gasteiger partial charge in [0.15, 0.2) is 5.16 Å². The van der Waals surface area contributed by atoms with Crippen LogP contribution in [0.3, 0.4) is 0 Å². The average Bonchev–Trinajstić information content (AvgIpc) is 3.46. The molecule has 2 fully saturated rings. The van der Waals surface area contributed by atoms with Crippen molar-refractivity contribution >= 4 is 41.1 Å². The topological polar surface area (TPSA) is 63.5 Å². The summed E-state index contributed by atoms with van der Waals surface area (Å²) in [6.45, 7) is 6.63. The molecule has 0 radical (unpaired) electrons. The van der Waals surface area contributed by atoms with Crippen LogP contribution in [0.4, 0.5) is 11.6 Å². The van der Waals surface area contributed by atoms with Gasteiger partial charge in [-0.25, -0.2) is 0 Å². The number of aromatic nitrogens is 3. The molecule has 1 aromatic carbocycles. The van der Waals surface area contributed by atoms with E-state index in [9.17, 15) is 4.79 Å². The first-order valence-electron chi connectivity index (χ1n) is 12.2. The van der Waals surface area contributed by atoms with Gasteiger partial charge in [0.05, 0.1) is 24.1 Å². The minimum atomic E-state index is 0.133. The minimum absolute atomic E-state index is 0.133. The van der Waals surface area contributed by atoms with Gasteiger partial charge in [-0.15, -0.1) is 22.0 Å². The maximum Gasteiger partial charge on any atom is 0.237 e. The number of ether oxygens (including phenoxy) is 1. The number of thioether (sulfide) groups is 2. The molecule has 33 heavy (non-hydrogen) atoms. The molecule has 0 bridgehead atoms. The lowest BCUT2D eigenvalue weighted by Gasteiger charge is -2.28. The van der Waals surface area contributed by atoms with Gasteiger partial charge in [-0.1, -0.05) is 30.8 Å². The molecule has 2 saturated heterocycles. The molecule has 178 valence electrons. The van der Waals surface area contributed by atoms with E-state index in [1.807, 2.05) is 22.7 Å². The third-order valence-corrected chi connectivity index (χ3v) is 8.80. The van der Waals surface area contributed by atoms with Crippen molar-refractivity contribution in [3.8, 4) is 0 Å². The molecule has 0 saturated carbocycles. The normalized spacial score (nSPS) is 23.4. The van der Waals surface area contributed by atoms with E-state index in [4.69, 9.17) is 4.74 Å². The number of carbonyl (C=O) groups excluding carboxylic acids is 1. The Morgan fingerprint density at radius 1 is 1.12 bits per heavy atom. The Morgan fingerprint density at radius 3 is 2.79 bits per heavy atom. The van der Waals surface area contributed by atoms with Crippen molar-refractivity contribution < 1.29 is 9.53 Å². The molecule has 0 N–H and O–H groups in total. The second kappa shape index (κ2) is 10.7. The highest BCUT2D eigenvalue weighted by Crippen LogP contribution is 2.37. The Labute approximate surface area is 204 Å². The third-order valence-electron chi connectivity index (χ3n) is 6.62. The van der Waals surface area contributed by atoms with Crippen LogP contribution in [-0.4, -0.2) is 64.0 Å². The van der Waals surface area contributed by atoms with Crippen molar-refractivity contribution in [1.29, 1.82) is 0 Å². The van der Waals surface area contributed by atoms with Crippen molar-refractivity contribution in [2.45, 2.75) is 73.4 Å². The van der Waals surface area contributed by atoms with Gasteiger partial charge in [0.2, 0.25) is 11.9 Å². The summed E-state index contributed by atoms with van der Waals surface area (Å²) < 4.78 is 8.13. The first kappa shape index (κ1) is 23.1. The Bertz CT molecular complexity index is 956. The number of amides is 1. The van der Waals surface area contributed by atoms with Gasteiger partial charge in [-0.2, -0.15) is 0 Å². The van der Waals surface area contributed by atoms with Gasteiger partial charge < -0.3 is 14.5 Å². The molecule has 4 heterocycles. The maximum atomic E-state index is 13.4. The van der Waals surface area contributed by atoms with E-state index in [1.54, 1.807) is 0 Å². The molecule has 2 atom stereocenters. The quantitative estimate of drug-likeness (QED) is 0.558. The molecule has 0 aliphatic carbocycles. The molecule has 2 aromatic rings. The fourth-order valence-corrected chi connectivity index (χ4v) is 6.75. The Morgan fingerprint density at radius 2 is 1.97 bits per heavy atom. The predicted molar refractivity (Wildman–Crippen MR) is 135 cm³/mol. The molecular weight excluding hydrogens is 454 g/mol. The molecular formula is C24H33N5O2S2. The van der Waals surface area contributed by atoms with Crippen LogP contribution in [0.15, 0.2) is 34.3 Å². The average molecular weight is 488 g/mol. The number of fused-ring (bicyclic) bond motifs is 1. The van der Waals surface area contributed by atoms with Gasteiger partial charge in [0.1, 0.15) is 0 Å². The molecule has 0 unspecified atom stereocenters. The van der Waals surface area contributed by atoms with Gasteiger partial charge >= 0.3 is 0 Å². The van der Waals surface area contributed by atoms with Crippen molar-refractivity contribution in [1.82, 2.24) is 14.8 Å². The van der Waals surface area contributed by atoms with Crippen LogP contribution >= 0.6 is 23.5 Å². The highest BCUT2D eigenvalue weighted by atomic mass is 32.2. The van der Waals surface area contributed by atoms with Gasteiger partial charge in [0, 0.05) is 36.4 Å². The lowest BCUT2D eigenvalue weighted by molar-refractivity contribution is -0.116. The molecule has 1 aromatic heterocycles. The van der Waals surface area contributed by atoms with E-state index < -0.39 is 0 Å². The number of rotatable bonds is 6. The summed E-state index contributed by atoms with van der Waals surface area (Å²) in [6, 6.07) is 8.26. The fraction of sp³-hybridized carbons (Fsp3) is 0.625. The smallest absolute Gasteiger partial charge is 0.237 e. The number of hydrogen-bond acceptors (Lipinski definition) is 7. The first-order valence-corrected chi connectivity index (χ1v) is 14.0. The summed E-state index contributed by atoms with van der Waals surface area (Å²) in [5.74, 6) is 1.43. The number of hydrogen-bond donors (Lipinski definition) is 0. The highest BCUT2D eigenvalue weighted by molar-refractivity contribution is 8.00. The molecule has 9 heteroatoms. The van der Waals surface area contributed by atoms with Crippen LogP contribution in [0.2, 0.25) is 0 Å². The molecule has 3 aliphatic rings. The molecule has 7 nitrogen and oxygen atoms in total. The van der Waals surface area contributed by atoms with E-state index in [2.05, 4.69) is 44.8 Å². The second-order valence-corrected chi connectivity index (χ2v) is 11.5. The lowest BCUT2D eigenvalue weighted by atomic mass is 10.1. The van der Waals surface area contributed by atoms with Gasteiger partial charge in [-0.05, 0) is 50.7 Å². The SMILES string of the molecule is C[C@@H]1CCN(C(=O)CSc2nnc(N3CCCCC3)n2C[C@@H]2CCCO2)c2ccccc2S1. The van der Waals surface area contributed by atoms with Crippen LogP contribution in [0, 0.1) is 0 Å². The van der Waals surface area contributed by atoms with Crippen LogP contribution < -0.4 is 9.80 Å². The second-order valence-electron chi connectivity index (χ2n) is 9.09. The predicted octanol–water partition coefficient (Wildman–Crippen LogP) is 4.46. The number of anilines is 2. The summed E-state index contributed by atoms with van der Waals surface area (Å²) >= 11 is 3.37. The summed E-state index contributed by atoms with van der Waals surface area (Å²) in [6.07, 6.45) is 7.04. The van der Waals surface area contributed by atoms with Crippen LogP contribution in [0.1, 0.15) is 45.4 Å². The summed E-state index contributed by atoms with van der Waals surface area (Å²) in [7, 11) is 0. The van der Waals surface area contributed by atoms with Crippen molar-refractivity contribution in [2.75, 3.05) is 41.8 Å². The van der Waals surface area contributed by atoms with Gasteiger partial charge in [-0.3, -0.25) is 9.36 Å². The lowest BCUT2D eigenvalue weighted by Crippen LogP contribution is -2.34. The standard InChI is InChI=1S/C24H33N5O2S2/c1-18-11-14-28(20-9-3-4-10-21(20)33-18)22(30)17-32-24-26-25-23(27-12-5-2-6-13-27)29(24)16-19-8-7-15-31-19/h3-4,9-10,18-19H,2,5-8,11-17H2,1H3/t18-,19+/m1/s1. The number of benzene rings is 1. The molecule has 5 rings (SSSR count). The zero-order chi connectivity index (χ0) is 22.6. The molecule has 1 amide bonds. The summed E-state index contributed by atoms with van der Waals surface area (Å²) in [4.78, 5) is 18.9. The minimum Gasteiger partial charge on any atom is -0.376 e. The molecule has 0 spiro atoms. The zero-order valence-corrected chi connectivity index (χ0v) is 21.0. The Kier molecular flexibility index (Phi) is 7.47. The Balaban J connectivity index is 1.32. The van der Waals surface area contributed by atoms with E-state index in [1.165, 1.54) is 35.9 Å². The van der Waals surface area contributed by atoms with E-state index >= 15 is 0 Å². The van der Waals surface area contributed by atoms with Crippen molar-refractivity contribution in [2.24, 2.45) is 0 Å².